The van der Waals surface area contributed by atoms with Gasteiger partial charge in [0.25, 0.3) is 5.91 Å². The molecule has 2 N–H and O–H groups in total. The van der Waals surface area contributed by atoms with E-state index in [1.54, 1.807) is 28.8 Å². The van der Waals surface area contributed by atoms with Crippen LogP contribution in [-0.4, -0.2) is 32.2 Å². The summed E-state index contributed by atoms with van der Waals surface area (Å²) in [6.45, 7) is 1.93. The van der Waals surface area contributed by atoms with E-state index in [9.17, 15) is 18.4 Å². The first-order valence-corrected chi connectivity index (χ1v) is 10.5. The lowest BCUT2D eigenvalue weighted by atomic mass is 10.2. The van der Waals surface area contributed by atoms with Crippen molar-refractivity contribution in [1.82, 2.24) is 14.6 Å². The van der Waals surface area contributed by atoms with Crippen LogP contribution in [-0.2, 0) is 4.79 Å². The smallest absolute Gasteiger partial charge is 0.257 e. The Labute approximate surface area is 185 Å². The van der Waals surface area contributed by atoms with Crippen molar-refractivity contribution in [2.75, 3.05) is 16.4 Å². The zero-order valence-electron chi connectivity index (χ0n) is 16.8. The van der Waals surface area contributed by atoms with E-state index in [4.69, 9.17) is 0 Å². The highest BCUT2D eigenvalue weighted by Gasteiger charge is 2.14. The number of aryl methyl sites for hydroxylation is 1. The first kappa shape index (κ1) is 21.4. The van der Waals surface area contributed by atoms with Crippen LogP contribution in [0.1, 0.15) is 15.9 Å². The van der Waals surface area contributed by atoms with Gasteiger partial charge in [-0.2, -0.15) is 0 Å². The van der Waals surface area contributed by atoms with Gasteiger partial charge in [-0.25, -0.2) is 8.78 Å². The monoisotopic (exact) mass is 453 g/mol. The average molecular weight is 453 g/mol. The Morgan fingerprint density at radius 1 is 1.03 bits per heavy atom. The lowest BCUT2D eigenvalue weighted by molar-refractivity contribution is -0.113. The van der Waals surface area contributed by atoms with E-state index in [0.717, 1.165) is 29.5 Å². The van der Waals surface area contributed by atoms with Crippen molar-refractivity contribution in [3.05, 3.63) is 83.6 Å². The molecule has 0 aliphatic carbocycles. The van der Waals surface area contributed by atoms with Gasteiger partial charge in [0.15, 0.2) is 10.8 Å². The van der Waals surface area contributed by atoms with Gasteiger partial charge in [-0.1, -0.05) is 23.9 Å². The van der Waals surface area contributed by atoms with Crippen molar-refractivity contribution in [3.8, 4) is 0 Å². The summed E-state index contributed by atoms with van der Waals surface area (Å²) in [5.41, 5.74) is 2.48. The number of benzene rings is 2. The predicted octanol–water partition coefficient (Wildman–Crippen LogP) is 4.30. The fourth-order valence-electron chi connectivity index (χ4n) is 2.94. The summed E-state index contributed by atoms with van der Waals surface area (Å²) in [5.74, 6) is -2.47. The Morgan fingerprint density at radius 3 is 2.66 bits per heavy atom. The Morgan fingerprint density at radius 2 is 1.88 bits per heavy atom. The number of nitrogens with one attached hydrogen (secondary N) is 2. The highest BCUT2D eigenvalue weighted by molar-refractivity contribution is 7.99. The van der Waals surface area contributed by atoms with Crippen LogP contribution in [0.25, 0.3) is 5.65 Å². The lowest BCUT2D eigenvalue weighted by Crippen LogP contribution is -2.15. The van der Waals surface area contributed by atoms with Crippen molar-refractivity contribution in [3.63, 3.8) is 0 Å². The standard InChI is InChI=1S/C22H17F2N5O2S/c1-13-3-2-4-16(9-13)25-21(31)14-5-8-19-27-28-22(29(19)11-14)32-12-20(30)26-18-7-6-15(23)10-17(18)24/h2-11H,12H2,1H3,(H,25,31)(H,26,30). The normalized spacial score (nSPS) is 10.8. The van der Waals surface area contributed by atoms with Gasteiger partial charge in [-0.05, 0) is 48.9 Å². The number of nitrogens with zero attached hydrogens (tertiary/aromatic N) is 3. The van der Waals surface area contributed by atoms with Crippen LogP contribution in [0.15, 0.2) is 66.0 Å². The fraction of sp³-hybridized carbons (Fsp3) is 0.0909. The number of carbonyl (C=O) groups is 2. The van der Waals surface area contributed by atoms with Crippen molar-refractivity contribution in [2.24, 2.45) is 0 Å². The molecule has 2 aromatic carbocycles. The Bertz CT molecular complexity index is 1320. The molecule has 0 spiro atoms. The van der Waals surface area contributed by atoms with Crippen LogP contribution in [0.2, 0.25) is 0 Å². The van der Waals surface area contributed by atoms with Gasteiger partial charge in [0, 0.05) is 18.0 Å². The van der Waals surface area contributed by atoms with E-state index in [2.05, 4.69) is 20.8 Å². The molecule has 0 aliphatic heterocycles. The highest BCUT2D eigenvalue weighted by Crippen LogP contribution is 2.20. The first-order valence-electron chi connectivity index (χ1n) is 9.49. The van der Waals surface area contributed by atoms with Crippen LogP contribution in [0.4, 0.5) is 20.2 Å². The van der Waals surface area contributed by atoms with Crippen molar-refractivity contribution in [1.29, 1.82) is 0 Å². The molecule has 2 heterocycles. The second kappa shape index (κ2) is 9.15. The lowest BCUT2D eigenvalue weighted by Gasteiger charge is -2.07. The zero-order chi connectivity index (χ0) is 22.7. The van der Waals surface area contributed by atoms with E-state index in [1.165, 1.54) is 0 Å². The molecule has 2 amide bonds. The molecule has 0 aliphatic rings. The number of carbonyl (C=O) groups excluding carboxylic acids is 2. The number of amides is 2. The van der Waals surface area contributed by atoms with Crippen LogP contribution < -0.4 is 10.6 Å². The molecular formula is C22H17F2N5O2S. The first-order chi connectivity index (χ1) is 15.4. The number of hydrogen-bond donors (Lipinski definition) is 2. The number of fused-ring (bicyclic) bond motifs is 1. The number of hydrogen-bond acceptors (Lipinski definition) is 5. The Hall–Kier alpha value is -3.79. The molecule has 4 aromatic rings. The number of rotatable bonds is 6. The molecule has 0 fully saturated rings. The van der Waals surface area contributed by atoms with Crippen molar-refractivity contribution < 1.29 is 18.4 Å². The van der Waals surface area contributed by atoms with Gasteiger partial charge >= 0.3 is 0 Å². The largest absolute Gasteiger partial charge is 0.323 e. The molecule has 7 nitrogen and oxygen atoms in total. The summed E-state index contributed by atoms with van der Waals surface area (Å²) in [5, 5.41) is 13.7. The maximum Gasteiger partial charge on any atom is 0.257 e. The summed E-state index contributed by atoms with van der Waals surface area (Å²) in [6, 6.07) is 13.6. The maximum absolute atomic E-state index is 13.7. The van der Waals surface area contributed by atoms with Gasteiger partial charge in [-0.15, -0.1) is 10.2 Å². The number of halogens is 2. The van der Waals surface area contributed by atoms with Gasteiger partial charge < -0.3 is 10.6 Å². The fourth-order valence-corrected chi connectivity index (χ4v) is 3.65. The molecule has 4 rings (SSSR count). The molecule has 0 unspecified atom stereocenters. The van der Waals surface area contributed by atoms with E-state index in [1.807, 2.05) is 25.1 Å². The molecule has 0 saturated heterocycles. The third-order valence-electron chi connectivity index (χ3n) is 4.45. The van der Waals surface area contributed by atoms with Crippen LogP contribution in [0.3, 0.4) is 0 Å². The third kappa shape index (κ3) is 4.92. The number of pyridine rings is 1. The molecule has 162 valence electrons. The minimum absolute atomic E-state index is 0.0860. The van der Waals surface area contributed by atoms with Gasteiger partial charge in [-0.3, -0.25) is 14.0 Å². The molecule has 2 aromatic heterocycles. The van der Waals surface area contributed by atoms with Crippen LogP contribution in [0.5, 0.6) is 0 Å². The Balaban J connectivity index is 1.45. The van der Waals surface area contributed by atoms with Gasteiger partial charge in [0.2, 0.25) is 5.91 Å². The van der Waals surface area contributed by atoms with Crippen LogP contribution >= 0.6 is 11.8 Å². The maximum atomic E-state index is 13.7. The summed E-state index contributed by atoms with van der Waals surface area (Å²) in [6.07, 6.45) is 1.58. The summed E-state index contributed by atoms with van der Waals surface area (Å²) in [7, 11) is 0. The SMILES string of the molecule is Cc1cccc(NC(=O)c2ccc3nnc(SCC(=O)Nc4ccc(F)cc4F)n3c2)c1. The quantitative estimate of drug-likeness (QED) is 0.425. The molecule has 10 heteroatoms. The Kier molecular flexibility index (Phi) is 6.13. The number of thioether (sulfide) groups is 1. The third-order valence-corrected chi connectivity index (χ3v) is 5.39. The van der Waals surface area contributed by atoms with Gasteiger partial charge in [0.1, 0.15) is 11.6 Å². The topological polar surface area (TPSA) is 88.4 Å². The molecular weight excluding hydrogens is 436 g/mol. The molecule has 0 bridgehead atoms. The van der Waals surface area contributed by atoms with E-state index < -0.39 is 17.5 Å². The molecule has 0 atom stereocenters. The number of aromatic nitrogens is 3. The van der Waals surface area contributed by atoms with E-state index in [-0.39, 0.29) is 17.3 Å². The average Bonchev–Trinajstić information content (AvgIpc) is 3.16. The summed E-state index contributed by atoms with van der Waals surface area (Å²) in [4.78, 5) is 24.8. The summed E-state index contributed by atoms with van der Waals surface area (Å²) >= 11 is 1.07. The second-order valence-corrected chi connectivity index (χ2v) is 7.86. The molecule has 0 saturated carbocycles. The second-order valence-electron chi connectivity index (χ2n) is 6.91. The molecule has 32 heavy (non-hydrogen) atoms. The van der Waals surface area contributed by atoms with Gasteiger partial charge in [0.05, 0.1) is 17.0 Å². The predicted molar refractivity (Wildman–Crippen MR) is 118 cm³/mol. The van der Waals surface area contributed by atoms with Crippen LogP contribution in [0, 0.1) is 18.6 Å². The zero-order valence-corrected chi connectivity index (χ0v) is 17.6. The van der Waals surface area contributed by atoms with Crippen molar-refractivity contribution >= 4 is 40.6 Å². The number of anilines is 2. The minimum atomic E-state index is -0.861. The van der Waals surface area contributed by atoms with E-state index in [0.29, 0.717) is 28.1 Å². The van der Waals surface area contributed by atoms with E-state index >= 15 is 0 Å². The molecule has 0 radical (unpaired) electrons. The summed E-state index contributed by atoms with van der Waals surface area (Å²) < 4.78 is 28.3. The minimum Gasteiger partial charge on any atom is -0.323 e. The highest BCUT2D eigenvalue weighted by atomic mass is 32.2. The van der Waals surface area contributed by atoms with Crippen molar-refractivity contribution in [2.45, 2.75) is 12.1 Å².